The summed E-state index contributed by atoms with van der Waals surface area (Å²) in [7, 11) is 0. The van der Waals surface area contributed by atoms with E-state index in [1.165, 1.54) is 33.4 Å². The third kappa shape index (κ3) is 4.75. The predicted octanol–water partition coefficient (Wildman–Crippen LogP) is 6.03. The molecule has 2 aromatic rings. The average Bonchev–Trinajstić information content (AvgIpc) is 2.52. The molecule has 2 aromatic carbocycles. The van der Waals surface area contributed by atoms with E-state index in [0.29, 0.717) is 26.4 Å². The molecule has 0 aromatic heterocycles. The third-order valence-electron chi connectivity index (χ3n) is 4.91. The quantitative estimate of drug-likeness (QED) is 0.576. The van der Waals surface area contributed by atoms with Crippen LogP contribution in [0.4, 0.5) is 0 Å². The van der Waals surface area contributed by atoms with Gasteiger partial charge in [0.2, 0.25) is 0 Å². The molecule has 4 bridgehead atoms. The Labute approximate surface area is 158 Å². The Morgan fingerprint density at radius 2 is 0.769 bits per heavy atom. The summed E-state index contributed by atoms with van der Waals surface area (Å²) in [5.74, 6) is 0. The van der Waals surface area contributed by atoms with Crippen molar-refractivity contribution >= 4 is 0 Å². The summed E-state index contributed by atoms with van der Waals surface area (Å²) in [6.45, 7) is 16.0. The number of benzene rings is 2. The first kappa shape index (κ1) is 19.1. The minimum absolute atomic E-state index is 0.119. The molecule has 0 saturated heterocycles. The van der Waals surface area contributed by atoms with E-state index in [1.807, 2.05) is 0 Å². The summed E-state index contributed by atoms with van der Waals surface area (Å²) in [6, 6.07) is 13.5. The fourth-order valence-electron chi connectivity index (χ4n) is 3.30. The summed E-state index contributed by atoms with van der Waals surface area (Å²) in [6.07, 6.45) is 0. The molecule has 0 aliphatic carbocycles. The lowest BCUT2D eigenvalue weighted by atomic mass is 9.85. The molecular weight excluding hydrogens is 320 g/mol. The second-order valence-corrected chi connectivity index (χ2v) is 9.56. The van der Waals surface area contributed by atoms with Crippen molar-refractivity contribution in [3.8, 4) is 0 Å². The summed E-state index contributed by atoms with van der Waals surface area (Å²) in [4.78, 5) is 0. The third-order valence-corrected chi connectivity index (χ3v) is 4.91. The number of hydrogen-bond acceptors (Lipinski definition) is 2. The van der Waals surface area contributed by atoms with Crippen LogP contribution in [0.15, 0.2) is 36.4 Å². The van der Waals surface area contributed by atoms with E-state index in [2.05, 4.69) is 77.9 Å². The molecule has 0 atom stereocenters. The van der Waals surface area contributed by atoms with Crippen molar-refractivity contribution in [2.75, 3.05) is 0 Å². The zero-order chi connectivity index (χ0) is 18.9. The van der Waals surface area contributed by atoms with Gasteiger partial charge in [0.25, 0.3) is 0 Å². The molecule has 2 heteroatoms. The van der Waals surface area contributed by atoms with Gasteiger partial charge >= 0.3 is 0 Å². The van der Waals surface area contributed by atoms with Gasteiger partial charge in [0.15, 0.2) is 0 Å². The van der Waals surface area contributed by atoms with Crippen LogP contribution in [-0.4, -0.2) is 0 Å². The predicted molar refractivity (Wildman–Crippen MR) is 107 cm³/mol. The van der Waals surface area contributed by atoms with Crippen LogP contribution in [0.25, 0.3) is 0 Å². The minimum Gasteiger partial charge on any atom is -0.372 e. The molecule has 26 heavy (non-hydrogen) atoms. The highest BCUT2D eigenvalue weighted by molar-refractivity contribution is 5.35. The summed E-state index contributed by atoms with van der Waals surface area (Å²) >= 11 is 0. The highest BCUT2D eigenvalue weighted by Gasteiger charge is 2.18. The molecule has 0 N–H and O–H groups in total. The van der Waals surface area contributed by atoms with Crippen molar-refractivity contribution in [3.05, 3.63) is 69.8 Å². The second kappa shape index (κ2) is 7.17. The lowest BCUT2D eigenvalue weighted by molar-refractivity contribution is 0.0989. The Morgan fingerprint density at radius 3 is 1.00 bits per heavy atom. The van der Waals surface area contributed by atoms with E-state index in [1.54, 1.807) is 0 Å². The number of ether oxygens (including phenoxy) is 2. The molecule has 0 fully saturated rings. The Hall–Kier alpha value is -1.64. The highest BCUT2D eigenvalue weighted by Crippen LogP contribution is 2.28. The number of fused-ring (bicyclic) bond motifs is 4. The first-order valence-electron chi connectivity index (χ1n) is 9.53. The van der Waals surface area contributed by atoms with Crippen molar-refractivity contribution in [2.24, 2.45) is 0 Å². The van der Waals surface area contributed by atoms with Gasteiger partial charge in [-0.05, 0) is 44.2 Å². The van der Waals surface area contributed by atoms with Crippen molar-refractivity contribution in [2.45, 2.75) is 78.8 Å². The van der Waals surface area contributed by atoms with Gasteiger partial charge in [-0.3, -0.25) is 0 Å². The SMILES string of the molecule is CC(C)(C)c1cc2cc(c1)COCc1cc(cc(C(C)(C)C)c1)COC2. The zero-order valence-corrected chi connectivity index (χ0v) is 17.1. The lowest BCUT2D eigenvalue weighted by Gasteiger charge is -2.23. The fourth-order valence-corrected chi connectivity index (χ4v) is 3.30. The normalized spacial score (nSPS) is 15.9. The molecule has 0 saturated carbocycles. The van der Waals surface area contributed by atoms with Gasteiger partial charge in [-0.15, -0.1) is 0 Å². The summed E-state index contributed by atoms with van der Waals surface area (Å²) in [5.41, 5.74) is 7.81. The van der Waals surface area contributed by atoms with Gasteiger partial charge in [0, 0.05) is 0 Å². The van der Waals surface area contributed by atoms with Gasteiger partial charge in [-0.1, -0.05) is 77.9 Å². The van der Waals surface area contributed by atoms with Crippen LogP contribution < -0.4 is 0 Å². The maximum absolute atomic E-state index is 6.08. The van der Waals surface area contributed by atoms with Crippen LogP contribution >= 0.6 is 0 Å². The van der Waals surface area contributed by atoms with Crippen molar-refractivity contribution < 1.29 is 9.47 Å². The lowest BCUT2D eigenvalue weighted by Crippen LogP contribution is -2.14. The van der Waals surface area contributed by atoms with Gasteiger partial charge in [0.05, 0.1) is 26.4 Å². The van der Waals surface area contributed by atoms with Crippen LogP contribution in [0.5, 0.6) is 0 Å². The van der Waals surface area contributed by atoms with E-state index in [-0.39, 0.29) is 10.8 Å². The van der Waals surface area contributed by atoms with Crippen molar-refractivity contribution in [1.82, 2.24) is 0 Å². The molecule has 0 spiro atoms. The monoisotopic (exact) mass is 352 g/mol. The molecule has 1 aliphatic rings. The molecule has 140 valence electrons. The van der Waals surface area contributed by atoms with E-state index in [4.69, 9.17) is 9.47 Å². The van der Waals surface area contributed by atoms with E-state index in [0.717, 1.165) is 0 Å². The van der Waals surface area contributed by atoms with Crippen molar-refractivity contribution in [3.63, 3.8) is 0 Å². The first-order valence-corrected chi connectivity index (χ1v) is 9.53. The Morgan fingerprint density at radius 1 is 0.500 bits per heavy atom. The highest BCUT2D eigenvalue weighted by atomic mass is 16.5. The molecule has 0 unspecified atom stereocenters. The van der Waals surface area contributed by atoms with Gasteiger partial charge in [-0.25, -0.2) is 0 Å². The molecular formula is C24H32O2. The molecule has 2 nitrogen and oxygen atoms in total. The second-order valence-electron chi connectivity index (χ2n) is 9.56. The van der Waals surface area contributed by atoms with Crippen molar-refractivity contribution in [1.29, 1.82) is 0 Å². The fraction of sp³-hybridized carbons (Fsp3) is 0.500. The zero-order valence-electron chi connectivity index (χ0n) is 17.1. The maximum Gasteiger partial charge on any atom is 0.0721 e. The van der Waals surface area contributed by atoms with E-state index >= 15 is 0 Å². The van der Waals surface area contributed by atoms with Crippen LogP contribution in [0.1, 0.15) is 74.9 Å². The standard InChI is InChI=1S/C24H32O2/c1-23(2,3)21-9-17-7-18(10-21)14-26-16-20-8-19(15-25-13-17)11-22(12-20)24(4,5)6/h7-12H,13-16H2,1-6H3. The van der Waals surface area contributed by atoms with Gasteiger partial charge in [0.1, 0.15) is 0 Å². The maximum atomic E-state index is 6.08. The Balaban J connectivity index is 1.91. The van der Waals surface area contributed by atoms with E-state index in [9.17, 15) is 0 Å². The minimum atomic E-state index is 0.119. The number of rotatable bonds is 0. The molecule has 1 aliphatic heterocycles. The topological polar surface area (TPSA) is 18.5 Å². The molecule has 1 heterocycles. The van der Waals surface area contributed by atoms with Crippen LogP contribution in [0, 0.1) is 0 Å². The first-order chi connectivity index (χ1) is 12.1. The summed E-state index contributed by atoms with van der Waals surface area (Å²) in [5, 5.41) is 0. The Kier molecular flexibility index (Phi) is 5.28. The van der Waals surface area contributed by atoms with Crippen LogP contribution in [-0.2, 0) is 46.7 Å². The molecule has 0 amide bonds. The smallest absolute Gasteiger partial charge is 0.0721 e. The number of hydrogen-bond donors (Lipinski definition) is 0. The largest absolute Gasteiger partial charge is 0.372 e. The average molecular weight is 353 g/mol. The molecule has 3 rings (SSSR count). The van der Waals surface area contributed by atoms with Gasteiger partial charge in [-0.2, -0.15) is 0 Å². The van der Waals surface area contributed by atoms with Gasteiger partial charge < -0.3 is 9.47 Å². The Bertz CT molecular complexity index is 664. The van der Waals surface area contributed by atoms with E-state index < -0.39 is 0 Å². The molecule has 0 radical (unpaired) electrons. The summed E-state index contributed by atoms with van der Waals surface area (Å²) < 4.78 is 12.2. The van der Waals surface area contributed by atoms with Crippen LogP contribution in [0.2, 0.25) is 0 Å². The van der Waals surface area contributed by atoms with Crippen LogP contribution in [0.3, 0.4) is 0 Å².